The van der Waals surface area contributed by atoms with Crippen LogP contribution in [0.4, 0.5) is 0 Å². The molecule has 5 nitrogen and oxygen atoms in total. The highest BCUT2D eigenvalue weighted by Crippen LogP contribution is 2.59. The lowest BCUT2D eigenvalue weighted by atomic mass is 9.67. The Bertz CT molecular complexity index is 3280. The van der Waals surface area contributed by atoms with Crippen LogP contribution in [0.25, 0.3) is 67.5 Å². The van der Waals surface area contributed by atoms with E-state index in [4.69, 9.17) is 24.4 Å². The van der Waals surface area contributed by atoms with Crippen LogP contribution in [-0.4, -0.2) is 15.0 Å². The maximum absolute atomic E-state index is 6.75. The van der Waals surface area contributed by atoms with Crippen LogP contribution in [0.2, 0.25) is 0 Å². The molecule has 1 aliphatic carbocycles. The van der Waals surface area contributed by atoms with E-state index in [2.05, 4.69) is 176 Å². The molecule has 63 heavy (non-hydrogen) atoms. The standard InChI is InChI=1S/C58H37N3O2/c1-5-17-39(18-6-1)45-25-13-14-27-47(45)57-60-55(40-19-7-2-8-20-40)59-56(61-57)41-31-29-38(30-32-41)42-33-34-51-52(35-42)63-53-36-48-46-26-15-16-28-49(46)58(43-21-9-3-10-22-43,44-23-11-4-12-24-44)50(48)37-54(53)62-51/h1-37H. The zero-order valence-corrected chi connectivity index (χ0v) is 34.0. The van der Waals surface area contributed by atoms with E-state index in [0.717, 1.165) is 44.5 Å². The van der Waals surface area contributed by atoms with Gasteiger partial charge in [0.1, 0.15) is 0 Å². The fourth-order valence-corrected chi connectivity index (χ4v) is 9.40. The Morgan fingerprint density at radius 3 is 1.40 bits per heavy atom. The first-order valence-electron chi connectivity index (χ1n) is 21.2. The number of rotatable bonds is 7. The van der Waals surface area contributed by atoms with Crippen molar-refractivity contribution in [1.29, 1.82) is 0 Å². The summed E-state index contributed by atoms with van der Waals surface area (Å²) >= 11 is 0. The van der Waals surface area contributed by atoms with Crippen molar-refractivity contribution in [2.75, 3.05) is 0 Å². The van der Waals surface area contributed by atoms with Gasteiger partial charge in [0.2, 0.25) is 0 Å². The topological polar surface area (TPSA) is 57.1 Å². The summed E-state index contributed by atoms with van der Waals surface area (Å²) in [6.45, 7) is 0. The number of hydrogen-bond acceptors (Lipinski definition) is 5. The Morgan fingerprint density at radius 1 is 0.270 bits per heavy atom. The molecule has 2 aliphatic rings. The molecule has 2 heterocycles. The van der Waals surface area contributed by atoms with Gasteiger partial charge in [0.25, 0.3) is 0 Å². The van der Waals surface area contributed by atoms with E-state index in [9.17, 15) is 0 Å². The van der Waals surface area contributed by atoms with E-state index < -0.39 is 5.41 Å². The summed E-state index contributed by atoms with van der Waals surface area (Å²) in [6.07, 6.45) is 0. The highest BCUT2D eigenvalue weighted by atomic mass is 16.6. The molecule has 0 unspecified atom stereocenters. The zero-order valence-electron chi connectivity index (χ0n) is 34.0. The van der Waals surface area contributed by atoms with Gasteiger partial charge in [-0.25, -0.2) is 15.0 Å². The van der Waals surface area contributed by atoms with Crippen LogP contribution in [-0.2, 0) is 5.41 Å². The number of benzene rings is 9. The van der Waals surface area contributed by atoms with Crippen molar-refractivity contribution in [3.05, 3.63) is 247 Å². The van der Waals surface area contributed by atoms with Crippen LogP contribution in [0, 0.1) is 0 Å². The van der Waals surface area contributed by atoms with Crippen molar-refractivity contribution in [3.63, 3.8) is 0 Å². The molecule has 296 valence electrons. The molecule has 9 aromatic carbocycles. The summed E-state index contributed by atoms with van der Waals surface area (Å²) in [7, 11) is 0. The van der Waals surface area contributed by atoms with Gasteiger partial charge in [-0.05, 0) is 79.9 Å². The minimum atomic E-state index is -0.526. The monoisotopic (exact) mass is 807 g/mol. The minimum Gasteiger partial charge on any atom is -0.450 e. The van der Waals surface area contributed by atoms with E-state index in [1.165, 1.54) is 27.8 Å². The van der Waals surface area contributed by atoms with E-state index in [1.807, 2.05) is 48.5 Å². The molecular weight excluding hydrogens is 771 g/mol. The highest BCUT2D eigenvalue weighted by Gasteiger charge is 2.47. The first-order valence-corrected chi connectivity index (χ1v) is 21.2. The van der Waals surface area contributed by atoms with Crippen molar-refractivity contribution in [2.24, 2.45) is 0 Å². The summed E-state index contributed by atoms with van der Waals surface area (Å²) in [4.78, 5) is 15.1. The first-order chi connectivity index (χ1) is 31.2. The van der Waals surface area contributed by atoms with Crippen molar-refractivity contribution in [2.45, 2.75) is 5.41 Å². The number of hydrogen-bond donors (Lipinski definition) is 0. The van der Waals surface area contributed by atoms with E-state index in [1.54, 1.807) is 0 Å². The molecular formula is C58H37N3O2. The first kappa shape index (κ1) is 36.4. The molecule has 0 saturated carbocycles. The molecule has 0 atom stereocenters. The molecule has 0 bridgehead atoms. The van der Waals surface area contributed by atoms with Crippen molar-refractivity contribution < 1.29 is 9.47 Å². The molecule has 0 spiro atoms. The molecule has 12 rings (SSSR count). The molecule has 0 N–H and O–H groups in total. The zero-order chi connectivity index (χ0) is 41.7. The maximum Gasteiger partial charge on any atom is 0.170 e. The van der Waals surface area contributed by atoms with Crippen molar-refractivity contribution >= 4 is 0 Å². The van der Waals surface area contributed by atoms with Crippen LogP contribution in [0.15, 0.2) is 224 Å². The number of aromatic nitrogens is 3. The SMILES string of the molecule is c1ccc(-c2nc(-c3ccc(-c4ccc5c(c4)Oc4cc6c(cc4O5)C(c4ccccc4)(c4ccccc4)c4ccccc4-6)cc3)nc(-c3ccccc3-c3ccccc3)n2)cc1. The lowest BCUT2D eigenvalue weighted by Crippen LogP contribution is -2.28. The van der Waals surface area contributed by atoms with Gasteiger partial charge in [-0.3, -0.25) is 0 Å². The van der Waals surface area contributed by atoms with Crippen LogP contribution in [0.5, 0.6) is 23.0 Å². The average molecular weight is 808 g/mol. The summed E-state index contributed by atoms with van der Waals surface area (Å²) < 4.78 is 13.5. The fourth-order valence-electron chi connectivity index (χ4n) is 9.40. The average Bonchev–Trinajstić information content (AvgIpc) is 3.65. The summed E-state index contributed by atoms with van der Waals surface area (Å²) in [6, 6.07) is 77.9. The van der Waals surface area contributed by atoms with Crippen LogP contribution in [0.3, 0.4) is 0 Å². The number of nitrogens with zero attached hydrogens (tertiary/aromatic N) is 3. The third-order valence-electron chi connectivity index (χ3n) is 12.3. The predicted octanol–water partition coefficient (Wildman–Crippen LogP) is 14.5. The predicted molar refractivity (Wildman–Crippen MR) is 251 cm³/mol. The molecule has 10 aromatic rings. The summed E-state index contributed by atoms with van der Waals surface area (Å²) in [5.74, 6) is 4.56. The second-order valence-electron chi connectivity index (χ2n) is 15.9. The molecule has 1 aliphatic heterocycles. The third-order valence-corrected chi connectivity index (χ3v) is 12.3. The van der Waals surface area contributed by atoms with Gasteiger partial charge in [0, 0.05) is 16.7 Å². The quantitative estimate of drug-likeness (QED) is 0.161. The van der Waals surface area contributed by atoms with E-state index in [-0.39, 0.29) is 0 Å². The van der Waals surface area contributed by atoms with Crippen LogP contribution >= 0.6 is 0 Å². The van der Waals surface area contributed by atoms with Gasteiger partial charge in [0.15, 0.2) is 40.5 Å². The Morgan fingerprint density at radius 2 is 0.730 bits per heavy atom. The van der Waals surface area contributed by atoms with Gasteiger partial charge in [0.05, 0.1) is 5.41 Å². The summed E-state index contributed by atoms with van der Waals surface area (Å²) in [5, 5.41) is 0. The Balaban J connectivity index is 0.896. The lowest BCUT2D eigenvalue weighted by molar-refractivity contribution is 0.359. The largest absolute Gasteiger partial charge is 0.450 e. The fraction of sp³-hybridized carbons (Fsp3) is 0.0172. The van der Waals surface area contributed by atoms with Gasteiger partial charge < -0.3 is 9.47 Å². The van der Waals surface area contributed by atoms with E-state index in [0.29, 0.717) is 40.5 Å². The second-order valence-corrected chi connectivity index (χ2v) is 15.9. The van der Waals surface area contributed by atoms with Crippen LogP contribution < -0.4 is 9.47 Å². The Labute approximate surface area is 365 Å². The highest BCUT2D eigenvalue weighted by molar-refractivity contribution is 5.89. The smallest absolute Gasteiger partial charge is 0.170 e. The Hall–Kier alpha value is -8.41. The molecule has 0 fully saturated rings. The third kappa shape index (κ3) is 6.13. The van der Waals surface area contributed by atoms with Gasteiger partial charge in [-0.2, -0.15) is 0 Å². The van der Waals surface area contributed by atoms with Gasteiger partial charge in [-0.15, -0.1) is 0 Å². The molecule has 0 radical (unpaired) electrons. The molecule has 0 saturated heterocycles. The minimum absolute atomic E-state index is 0.526. The molecule has 5 heteroatoms. The van der Waals surface area contributed by atoms with Crippen molar-refractivity contribution in [1.82, 2.24) is 15.0 Å². The molecule has 1 aromatic heterocycles. The number of fused-ring (bicyclic) bond motifs is 5. The van der Waals surface area contributed by atoms with Crippen LogP contribution in [0.1, 0.15) is 22.3 Å². The lowest BCUT2D eigenvalue weighted by Gasteiger charge is -2.34. The molecule has 0 amide bonds. The van der Waals surface area contributed by atoms with E-state index >= 15 is 0 Å². The Kier molecular flexibility index (Phi) is 8.64. The summed E-state index contributed by atoms with van der Waals surface area (Å²) in [5.41, 5.74) is 13.6. The second kappa shape index (κ2) is 14.9. The number of ether oxygens (including phenoxy) is 2. The van der Waals surface area contributed by atoms with Crippen molar-refractivity contribution in [3.8, 4) is 90.5 Å². The maximum atomic E-state index is 6.75. The van der Waals surface area contributed by atoms with Gasteiger partial charge >= 0.3 is 0 Å². The van der Waals surface area contributed by atoms with Gasteiger partial charge in [-0.1, -0.05) is 200 Å². The normalized spacial score (nSPS) is 12.8.